The van der Waals surface area contributed by atoms with Crippen molar-refractivity contribution in [1.82, 2.24) is 0 Å². The van der Waals surface area contributed by atoms with Crippen LogP contribution in [-0.2, 0) is 16.3 Å². The molecule has 1 aliphatic heterocycles. The third kappa shape index (κ3) is 2.66. The maximum atomic E-state index is 11.7. The molecule has 102 valence electrons. The van der Waals surface area contributed by atoms with E-state index >= 15 is 0 Å². The lowest BCUT2D eigenvalue weighted by Gasteiger charge is -2.17. The highest BCUT2D eigenvalue weighted by Crippen LogP contribution is 2.27. The van der Waals surface area contributed by atoms with Crippen molar-refractivity contribution in [3.8, 4) is 5.75 Å². The van der Waals surface area contributed by atoms with Gasteiger partial charge in [-0.2, -0.15) is 0 Å². The van der Waals surface area contributed by atoms with Gasteiger partial charge in [0.25, 0.3) is 0 Å². The van der Waals surface area contributed by atoms with Crippen LogP contribution in [-0.4, -0.2) is 31.8 Å². The largest absolute Gasteiger partial charge is 0.489 e. The van der Waals surface area contributed by atoms with Crippen LogP contribution in [0, 0.1) is 0 Å². The maximum Gasteiger partial charge on any atom is 0.163 e. The van der Waals surface area contributed by atoms with E-state index in [0.717, 1.165) is 24.0 Å². The Kier molecular flexibility index (Phi) is 3.09. The van der Waals surface area contributed by atoms with E-state index in [4.69, 9.17) is 4.74 Å². The fourth-order valence-corrected chi connectivity index (χ4v) is 4.33. The zero-order valence-electron chi connectivity index (χ0n) is 10.6. The van der Waals surface area contributed by atoms with Crippen LogP contribution in [0.3, 0.4) is 0 Å². The summed E-state index contributed by atoms with van der Waals surface area (Å²) in [5, 5.41) is 0. The second kappa shape index (κ2) is 4.63. The number of ketones is 1. The van der Waals surface area contributed by atoms with E-state index in [1.165, 1.54) is 0 Å². The molecule has 1 aliphatic carbocycles. The first-order valence-electron chi connectivity index (χ1n) is 6.57. The molecule has 1 aromatic rings. The van der Waals surface area contributed by atoms with Crippen molar-refractivity contribution in [3.05, 3.63) is 29.3 Å². The molecule has 1 aromatic carbocycles. The minimum atomic E-state index is -2.92. The molecule has 0 aromatic heterocycles. The predicted molar refractivity (Wildman–Crippen MR) is 71.4 cm³/mol. The molecule has 1 fully saturated rings. The molecule has 2 aliphatic rings. The van der Waals surface area contributed by atoms with E-state index < -0.39 is 9.84 Å². The van der Waals surface area contributed by atoms with E-state index in [1.807, 2.05) is 6.07 Å². The zero-order valence-corrected chi connectivity index (χ0v) is 11.4. The molecule has 1 atom stereocenters. The van der Waals surface area contributed by atoms with E-state index in [-0.39, 0.29) is 23.4 Å². The average molecular weight is 280 g/mol. The number of carbonyl (C=O) groups is 1. The summed E-state index contributed by atoms with van der Waals surface area (Å²) in [4.78, 5) is 11.7. The van der Waals surface area contributed by atoms with Gasteiger partial charge in [0.15, 0.2) is 15.6 Å². The number of aryl methyl sites for hydroxylation is 1. The number of fused-ring (bicyclic) bond motifs is 1. The van der Waals surface area contributed by atoms with Crippen molar-refractivity contribution in [2.75, 3.05) is 11.5 Å². The van der Waals surface area contributed by atoms with Gasteiger partial charge < -0.3 is 4.74 Å². The summed E-state index contributed by atoms with van der Waals surface area (Å²) in [7, 11) is -2.92. The van der Waals surface area contributed by atoms with Crippen LogP contribution in [0.4, 0.5) is 0 Å². The Labute approximate surface area is 112 Å². The molecule has 19 heavy (non-hydrogen) atoms. The summed E-state index contributed by atoms with van der Waals surface area (Å²) >= 11 is 0. The molecule has 0 spiro atoms. The second-order valence-corrected chi connectivity index (χ2v) is 7.47. The first-order chi connectivity index (χ1) is 9.03. The zero-order chi connectivity index (χ0) is 13.5. The molecule has 0 bridgehead atoms. The van der Waals surface area contributed by atoms with E-state index in [1.54, 1.807) is 12.1 Å². The molecule has 5 heteroatoms. The molecular formula is C14H16O4S. The number of sulfone groups is 1. The number of hydrogen-bond acceptors (Lipinski definition) is 4. The fraction of sp³-hybridized carbons (Fsp3) is 0.500. The van der Waals surface area contributed by atoms with Gasteiger partial charge in [0, 0.05) is 12.0 Å². The first kappa shape index (κ1) is 12.7. The lowest BCUT2D eigenvalue weighted by Crippen LogP contribution is -2.18. The van der Waals surface area contributed by atoms with Crippen LogP contribution < -0.4 is 4.74 Å². The third-order valence-corrected chi connectivity index (χ3v) is 5.46. The molecule has 0 saturated carbocycles. The monoisotopic (exact) mass is 280 g/mol. The van der Waals surface area contributed by atoms with Gasteiger partial charge in [-0.1, -0.05) is 0 Å². The van der Waals surface area contributed by atoms with Gasteiger partial charge in [0.1, 0.15) is 11.9 Å². The van der Waals surface area contributed by atoms with Gasteiger partial charge in [-0.25, -0.2) is 8.42 Å². The molecule has 1 unspecified atom stereocenters. The predicted octanol–water partition coefficient (Wildman–Crippen LogP) is 1.77. The standard InChI is InChI=1S/C14H16O4S/c15-14-3-1-2-10-8-11(4-5-13(10)14)18-12-6-7-19(16,17)9-12/h4-5,8,12H,1-3,6-7,9H2. The van der Waals surface area contributed by atoms with Gasteiger partial charge in [0.05, 0.1) is 11.5 Å². The highest BCUT2D eigenvalue weighted by atomic mass is 32.2. The molecule has 0 radical (unpaired) electrons. The lowest BCUT2D eigenvalue weighted by atomic mass is 9.90. The van der Waals surface area contributed by atoms with Gasteiger partial charge in [0.2, 0.25) is 0 Å². The summed E-state index contributed by atoms with van der Waals surface area (Å²) in [5.41, 5.74) is 1.81. The number of carbonyl (C=O) groups excluding carboxylic acids is 1. The number of ether oxygens (including phenoxy) is 1. The van der Waals surface area contributed by atoms with Crippen molar-refractivity contribution in [1.29, 1.82) is 0 Å². The van der Waals surface area contributed by atoms with Crippen LogP contribution in [0.5, 0.6) is 5.75 Å². The molecule has 3 rings (SSSR count). The minimum Gasteiger partial charge on any atom is -0.489 e. The Bertz CT molecular complexity index is 618. The van der Waals surface area contributed by atoms with Crippen LogP contribution in [0.1, 0.15) is 35.2 Å². The number of rotatable bonds is 2. The Morgan fingerprint density at radius 1 is 1.21 bits per heavy atom. The number of hydrogen-bond donors (Lipinski definition) is 0. The van der Waals surface area contributed by atoms with Crippen molar-refractivity contribution in [2.24, 2.45) is 0 Å². The highest BCUT2D eigenvalue weighted by Gasteiger charge is 2.29. The summed E-state index contributed by atoms with van der Waals surface area (Å²) in [6, 6.07) is 5.46. The van der Waals surface area contributed by atoms with Gasteiger partial charge in [-0.05, 0) is 43.0 Å². The lowest BCUT2D eigenvalue weighted by molar-refractivity contribution is 0.0972. The Hall–Kier alpha value is -1.36. The van der Waals surface area contributed by atoms with Crippen LogP contribution in [0.15, 0.2) is 18.2 Å². The number of Topliss-reactive ketones (excluding diaryl/α,β-unsaturated/α-hetero) is 1. The van der Waals surface area contributed by atoms with Gasteiger partial charge in [-0.15, -0.1) is 0 Å². The van der Waals surface area contributed by atoms with Gasteiger partial charge in [-0.3, -0.25) is 4.79 Å². The highest BCUT2D eigenvalue weighted by molar-refractivity contribution is 7.91. The average Bonchev–Trinajstić information content (AvgIpc) is 2.69. The molecule has 1 heterocycles. The third-order valence-electron chi connectivity index (χ3n) is 3.72. The summed E-state index contributed by atoms with van der Waals surface area (Å²) < 4.78 is 28.5. The minimum absolute atomic E-state index is 0.100. The molecular weight excluding hydrogens is 264 g/mol. The summed E-state index contributed by atoms with van der Waals surface area (Å²) in [6.45, 7) is 0. The summed E-state index contributed by atoms with van der Waals surface area (Å²) in [5.74, 6) is 1.18. The van der Waals surface area contributed by atoms with Crippen molar-refractivity contribution in [2.45, 2.75) is 31.8 Å². The molecule has 1 saturated heterocycles. The molecule has 0 N–H and O–H groups in total. The van der Waals surface area contributed by atoms with Crippen LogP contribution in [0.2, 0.25) is 0 Å². The number of benzene rings is 1. The smallest absolute Gasteiger partial charge is 0.163 e. The Morgan fingerprint density at radius 3 is 2.79 bits per heavy atom. The fourth-order valence-electron chi connectivity index (χ4n) is 2.74. The molecule has 0 amide bonds. The van der Waals surface area contributed by atoms with Crippen molar-refractivity contribution < 1.29 is 17.9 Å². The van der Waals surface area contributed by atoms with Crippen molar-refractivity contribution >= 4 is 15.6 Å². The van der Waals surface area contributed by atoms with Gasteiger partial charge >= 0.3 is 0 Å². The first-order valence-corrected chi connectivity index (χ1v) is 8.39. The second-order valence-electron chi connectivity index (χ2n) is 5.24. The quantitative estimate of drug-likeness (QED) is 0.828. The SMILES string of the molecule is O=C1CCCc2cc(OC3CCS(=O)(=O)C3)ccc21. The van der Waals surface area contributed by atoms with Crippen LogP contribution in [0.25, 0.3) is 0 Å². The summed E-state index contributed by atoms with van der Waals surface area (Å²) in [6.07, 6.45) is 2.70. The van der Waals surface area contributed by atoms with E-state index in [9.17, 15) is 13.2 Å². The Morgan fingerprint density at radius 2 is 2.05 bits per heavy atom. The maximum absolute atomic E-state index is 11.7. The van der Waals surface area contributed by atoms with E-state index in [2.05, 4.69) is 0 Å². The van der Waals surface area contributed by atoms with E-state index in [0.29, 0.717) is 18.6 Å². The topological polar surface area (TPSA) is 60.4 Å². The Balaban J connectivity index is 1.78. The van der Waals surface area contributed by atoms with Crippen LogP contribution >= 0.6 is 0 Å². The molecule has 4 nitrogen and oxygen atoms in total. The van der Waals surface area contributed by atoms with Crippen molar-refractivity contribution in [3.63, 3.8) is 0 Å². The normalized spacial score (nSPS) is 25.1.